The fourth-order valence-electron chi connectivity index (χ4n) is 5.58. The quantitative estimate of drug-likeness (QED) is 0.196. The van der Waals surface area contributed by atoms with Gasteiger partial charge in [-0.3, -0.25) is 0 Å². The molecule has 6 aromatic carbocycles. The summed E-state index contributed by atoms with van der Waals surface area (Å²) in [5, 5.41) is 0. The van der Waals surface area contributed by atoms with Crippen LogP contribution in [-0.2, 0) is 0 Å². The predicted octanol–water partition coefficient (Wildman–Crippen LogP) is 11.4. The lowest BCUT2D eigenvalue weighted by Crippen LogP contribution is -2.14. The van der Waals surface area contributed by atoms with Crippen LogP contribution in [0.1, 0.15) is 11.1 Å². The Bertz CT molecular complexity index is 1830. The van der Waals surface area contributed by atoms with Crippen molar-refractivity contribution in [3.05, 3.63) is 151 Å². The highest BCUT2D eigenvalue weighted by Gasteiger charge is 2.25. The van der Waals surface area contributed by atoms with Crippen molar-refractivity contribution in [3.8, 4) is 16.9 Å². The maximum atomic E-state index is 5.58. The second-order valence-corrected chi connectivity index (χ2v) is 11.9. The van der Waals surface area contributed by atoms with E-state index in [0.29, 0.717) is 0 Å². The second kappa shape index (κ2) is 11.4. The van der Waals surface area contributed by atoms with Crippen molar-refractivity contribution in [2.24, 2.45) is 0 Å². The summed E-state index contributed by atoms with van der Waals surface area (Å²) in [6.45, 7) is 4.25. The summed E-state index contributed by atoms with van der Waals surface area (Å²) in [4.78, 5) is 7.10. The molecule has 0 aromatic heterocycles. The molecule has 0 aliphatic carbocycles. The molecule has 4 heteroatoms. The van der Waals surface area contributed by atoms with Gasteiger partial charge in [0.05, 0.1) is 18.5 Å². The highest BCUT2D eigenvalue weighted by molar-refractivity contribution is 7.99. The number of ether oxygens (including phenoxy) is 1. The first-order valence-electron chi connectivity index (χ1n) is 14.5. The van der Waals surface area contributed by atoms with Crippen LogP contribution in [0.4, 0.5) is 34.1 Å². The van der Waals surface area contributed by atoms with Gasteiger partial charge in [0.25, 0.3) is 0 Å². The highest BCUT2D eigenvalue weighted by atomic mass is 32.2. The van der Waals surface area contributed by atoms with Crippen molar-refractivity contribution >= 4 is 45.9 Å². The van der Waals surface area contributed by atoms with Crippen LogP contribution in [0.5, 0.6) is 5.75 Å². The molecule has 0 unspecified atom stereocenters. The van der Waals surface area contributed by atoms with Gasteiger partial charge in [-0.15, -0.1) is 0 Å². The molecule has 3 nitrogen and oxygen atoms in total. The predicted molar refractivity (Wildman–Crippen MR) is 181 cm³/mol. The van der Waals surface area contributed by atoms with Crippen LogP contribution in [-0.4, -0.2) is 7.11 Å². The van der Waals surface area contributed by atoms with Gasteiger partial charge in [-0.05, 0) is 97.8 Å². The van der Waals surface area contributed by atoms with Crippen LogP contribution in [0.15, 0.2) is 149 Å². The number of benzene rings is 6. The number of para-hydroxylation sites is 1. The first-order chi connectivity index (χ1) is 21.1. The molecule has 0 N–H and O–H groups in total. The first-order valence-corrected chi connectivity index (χ1v) is 15.3. The zero-order chi connectivity index (χ0) is 29.3. The van der Waals surface area contributed by atoms with Crippen LogP contribution >= 0.6 is 11.8 Å². The largest absolute Gasteiger partial charge is 0.497 e. The van der Waals surface area contributed by atoms with E-state index in [2.05, 4.69) is 157 Å². The van der Waals surface area contributed by atoms with E-state index in [1.165, 1.54) is 37.7 Å². The Hall–Kier alpha value is -4.93. The highest BCUT2D eigenvalue weighted by Crippen LogP contribution is 2.52. The Labute approximate surface area is 258 Å². The van der Waals surface area contributed by atoms with Crippen molar-refractivity contribution in [3.63, 3.8) is 0 Å². The molecule has 0 bridgehead atoms. The normalized spacial score (nSPS) is 11.9. The molecule has 0 saturated heterocycles. The molecule has 7 rings (SSSR count). The zero-order valence-corrected chi connectivity index (χ0v) is 25.3. The van der Waals surface area contributed by atoms with Gasteiger partial charge in [0.2, 0.25) is 0 Å². The van der Waals surface area contributed by atoms with Crippen molar-refractivity contribution in [1.29, 1.82) is 0 Å². The average molecular weight is 577 g/mol. The Morgan fingerprint density at radius 1 is 0.535 bits per heavy atom. The molecule has 0 spiro atoms. The lowest BCUT2D eigenvalue weighted by Gasteiger charge is -2.33. The van der Waals surface area contributed by atoms with E-state index in [1.807, 2.05) is 6.07 Å². The molecule has 1 aliphatic heterocycles. The summed E-state index contributed by atoms with van der Waals surface area (Å²) < 4.78 is 5.58. The average Bonchev–Trinajstić information content (AvgIpc) is 3.06. The van der Waals surface area contributed by atoms with Crippen molar-refractivity contribution < 1.29 is 4.74 Å². The summed E-state index contributed by atoms with van der Waals surface area (Å²) in [5.41, 5.74) is 11.7. The molecule has 0 amide bonds. The van der Waals surface area contributed by atoms with Crippen LogP contribution < -0.4 is 14.5 Å². The van der Waals surface area contributed by atoms with Crippen molar-refractivity contribution in [2.45, 2.75) is 23.6 Å². The molecule has 43 heavy (non-hydrogen) atoms. The van der Waals surface area contributed by atoms with E-state index < -0.39 is 0 Å². The molecule has 1 heterocycles. The fourth-order valence-corrected chi connectivity index (χ4v) is 6.62. The van der Waals surface area contributed by atoms with Crippen LogP contribution in [0.25, 0.3) is 11.1 Å². The third-order valence-electron chi connectivity index (χ3n) is 7.90. The molecule has 6 aromatic rings. The third-order valence-corrected chi connectivity index (χ3v) is 9.03. The minimum Gasteiger partial charge on any atom is -0.497 e. The lowest BCUT2D eigenvalue weighted by molar-refractivity contribution is 0.414. The monoisotopic (exact) mass is 576 g/mol. The Kier molecular flexibility index (Phi) is 7.14. The molecular formula is C39H32N2OS. The van der Waals surface area contributed by atoms with Gasteiger partial charge < -0.3 is 14.5 Å². The summed E-state index contributed by atoms with van der Waals surface area (Å²) >= 11 is 1.80. The zero-order valence-electron chi connectivity index (χ0n) is 24.5. The number of fused-ring (bicyclic) bond motifs is 2. The maximum Gasteiger partial charge on any atom is 0.121 e. The van der Waals surface area contributed by atoms with E-state index in [9.17, 15) is 0 Å². The Morgan fingerprint density at radius 3 is 1.63 bits per heavy atom. The Morgan fingerprint density at radius 2 is 1.05 bits per heavy atom. The van der Waals surface area contributed by atoms with E-state index in [1.54, 1.807) is 18.9 Å². The van der Waals surface area contributed by atoms with Crippen LogP contribution in [0.3, 0.4) is 0 Å². The van der Waals surface area contributed by atoms with Gasteiger partial charge in [-0.25, -0.2) is 0 Å². The molecule has 0 fully saturated rings. The maximum absolute atomic E-state index is 5.58. The van der Waals surface area contributed by atoms with Gasteiger partial charge >= 0.3 is 0 Å². The molecule has 210 valence electrons. The summed E-state index contributed by atoms with van der Waals surface area (Å²) in [7, 11) is 1.72. The molecule has 0 atom stereocenters. The fraction of sp³-hybridized carbons (Fsp3) is 0.0769. The van der Waals surface area contributed by atoms with Gasteiger partial charge in [-0.1, -0.05) is 83.6 Å². The first kappa shape index (κ1) is 26.9. The summed E-state index contributed by atoms with van der Waals surface area (Å²) in [6, 6.07) is 50.0. The van der Waals surface area contributed by atoms with Gasteiger partial charge in [0.15, 0.2) is 0 Å². The number of hydrogen-bond donors (Lipinski definition) is 0. The number of anilines is 6. The number of nitrogens with zero attached hydrogens (tertiary/aromatic N) is 2. The van der Waals surface area contributed by atoms with Gasteiger partial charge in [0.1, 0.15) is 5.75 Å². The van der Waals surface area contributed by atoms with E-state index in [4.69, 9.17) is 4.74 Å². The minimum absolute atomic E-state index is 0.853. The molecule has 0 radical (unpaired) electrons. The molecule has 0 saturated carbocycles. The lowest BCUT2D eigenvalue weighted by atomic mass is 10.0. The van der Waals surface area contributed by atoms with E-state index in [-0.39, 0.29) is 0 Å². The van der Waals surface area contributed by atoms with Crippen LogP contribution in [0.2, 0.25) is 0 Å². The summed E-state index contributed by atoms with van der Waals surface area (Å²) in [6.07, 6.45) is 0. The number of methoxy groups -OCH3 is 1. The van der Waals surface area contributed by atoms with Crippen molar-refractivity contribution in [1.82, 2.24) is 0 Å². The SMILES string of the molecule is COc1ccc2c(c1)N(c1ccc(-c3ccc(N(c4ccc(C)cc4)c4ccc(C)cc4)cc3)cc1)c1ccccc1S2. The molecule has 1 aliphatic rings. The third kappa shape index (κ3) is 5.26. The van der Waals surface area contributed by atoms with Crippen molar-refractivity contribution in [2.75, 3.05) is 16.9 Å². The van der Waals surface area contributed by atoms with E-state index in [0.717, 1.165) is 34.2 Å². The van der Waals surface area contributed by atoms with Gasteiger partial charge in [-0.2, -0.15) is 0 Å². The minimum atomic E-state index is 0.853. The van der Waals surface area contributed by atoms with Crippen LogP contribution in [0, 0.1) is 13.8 Å². The molecular weight excluding hydrogens is 545 g/mol. The number of hydrogen-bond acceptors (Lipinski definition) is 4. The van der Waals surface area contributed by atoms with E-state index >= 15 is 0 Å². The van der Waals surface area contributed by atoms with Gasteiger partial charge in [0, 0.05) is 38.6 Å². The number of rotatable bonds is 6. The topological polar surface area (TPSA) is 15.7 Å². The Balaban J connectivity index is 1.22. The second-order valence-electron chi connectivity index (χ2n) is 10.8. The number of aryl methyl sites for hydroxylation is 2. The standard InChI is InChI=1S/C39H32N2OS/c1-27-8-16-31(17-9-27)40(32-18-10-28(2)11-19-32)33-20-12-29(13-21-33)30-14-22-34(23-15-30)41-36-6-4-5-7-38(36)43-39-25-24-35(42-3)26-37(39)41/h4-26H,1-3H3. The summed E-state index contributed by atoms with van der Waals surface area (Å²) in [5.74, 6) is 0.853. The smallest absolute Gasteiger partial charge is 0.121 e.